The molecule has 3 heteroatoms. The van der Waals surface area contributed by atoms with E-state index < -0.39 is 0 Å². The van der Waals surface area contributed by atoms with Crippen LogP contribution in [0, 0.1) is 23.7 Å². The van der Waals surface area contributed by atoms with Crippen molar-refractivity contribution >= 4 is 11.2 Å². The Labute approximate surface area is 172 Å². The third kappa shape index (κ3) is 4.96. The van der Waals surface area contributed by atoms with E-state index in [-0.39, 0.29) is 0 Å². The Balaban J connectivity index is 1.90. The lowest BCUT2D eigenvalue weighted by Gasteiger charge is -2.40. The van der Waals surface area contributed by atoms with Gasteiger partial charge in [0.1, 0.15) is 5.52 Å². The van der Waals surface area contributed by atoms with Gasteiger partial charge >= 0.3 is 0 Å². The molecule has 0 spiro atoms. The second kappa shape index (κ2) is 8.55. The van der Waals surface area contributed by atoms with Crippen molar-refractivity contribution in [1.29, 1.82) is 0 Å². The van der Waals surface area contributed by atoms with Gasteiger partial charge in [0.05, 0.1) is 11.9 Å². The largest absolute Gasteiger partial charge is 0.345 e. The van der Waals surface area contributed by atoms with Crippen molar-refractivity contribution in [3.63, 3.8) is 0 Å². The zero-order chi connectivity index (χ0) is 20.4. The van der Waals surface area contributed by atoms with E-state index in [1.54, 1.807) is 0 Å². The van der Waals surface area contributed by atoms with Crippen LogP contribution in [0.4, 0.5) is 0 Å². The average Bonchev–Trinajstić information content (AvgIpc) is 3.01. The van der Waals surface area contributed by atoms with E-state index in [0.717, 1.165) is 11.2 Å². The molecule has 3 rings (SSSR count). The Hall–Kier alpha value is -1.38. The van der Waals surface area contributed by atoms with Crippen LogP contribution >= 0.6 is 0 Å². The number of nitrogens with zero attached hydrogens (tertiary/aromatic N) is 2. The van der Waals surface area contributed by atoms with Crippen LogP contribution in [0.15, 0.2) is 12.4 Å². The minimum atomic E-state index is 0.352. The highest BCUT2D eigenvalue weighted by molar-refractivity contribution is 5.74. The molecule has 1 N–H and O–H groups in total. The van der Waals surface area contributed by atoms with E-state index in [1.165, 1.54) is 69.0 Å². The summed E-state index contributed by atoms with van der Waals surface area (Å²) in [4.78, 5) is 13.0. The molecule has 0 bridgehead atoms. The first-order valence-electron chi connectivity index (χ1n) is 11.5. The summed E-state index contributed by atoms with van der Waals surface area (Å²) in [6.45, 7) is 14.4. The van der Waals surface area contributed by atoms with Crippen molar-refractivity contribution < 1.29 is 0 Å². The molecule has 0 radical (unpaired) electrons. The molecule has 156 valence electrons. The number of hydrogen-bond acceptors (Lipinski definition) is 2. The van der Waals surface area contributed by atoms with Gasteiger partial charge in [-0.3, -0.25) is 0 Å². The van der Waals surface area contributed by atoms with Crippen molar-refractivity contribution in [2.45, 2.75) is 105 Å². The molecule has 2 aromatic rings. The first-order chi connectivity index (χ1) is 13.2. The molecule has 2 atom stereocenters. The SMILES string of the molecule is Cc1c[nH]c2ncc(C3CCCCCCC(C)(C)CCC(C)(C(C)C)C3)nc12. The Morgan fingerprint density at radius 1 is 1.04 bits per heavy atom. The van der Waals surface area contributed by atoms with Crippen LogP contribution in [-0.2, 0) is 0 Å². The van der Waals surface area contributed by atoms with Crippen LogP contribution < -0.4 is 0 Å². The highest BCUT2D eigenvalue weighted by Gasteiger charge is 2.34. The van der Waals surface area contributed by atoms with Crippen molar-refractivity contribution in [2.24, 2.45) is 16.7 Å². The Morgan fingerprint density at radius 3 is 2.54 bits per heavy atom. The molecule has 1 aliphatic carbocycles. The standard InChI is InChI=1S/C25H41N3/c1-18(2)25(6)14-13-24(4,5)12-10-8-7-9-11-20(15-25)21-17-27-23-22(28-21)19(3)16-26-23/h16-18,20H,7-15H2,1-6H3,(H,26,27). The summed E-state index contributed by atoms with van der Waals surface area (Å²) >= 11 is 0. The zero-order valence-corrected chi connectivity index (χ0v) is 19.1. The van der Waals surface area contributed by atoms with Gasteiger partial charge < -0.3 is 4.98 Å². The molecule has 1 saturated carbocycles. The van der Waals surface area contributed by atoms with Gasteiger partial charge in [0.25, 0.3) is 0 Å². The molecule has 0 aliphatic heterocycles. The van der Waals surface area contributed by atoms with Crippen LogP contribution in [0.1, 0.15) is 110 Å². The molecule has 2 unspecified atom stereocenters. The van der Waals surface area contributed by atoms with E-state index in [1.807, 2.05) is 12.4 Å². The molecule has 0 saturated heterocycles. The smallest absolute Gasteiger partial charge is 0.156 e. The first kappa shape index (κ1) is 21.3. The molecule has 1 fully saturated rings. The fraction of sp³-hybridized carbons (Fsp3) is 0.760. The highest BCUT2D eigenvalue weighted by atomic mass is 14.9. The van der Waals surface area contributed by atoms with Gasteiger partial charge in [0.15, 0.2) is 5.65 Å². The third-order valence-corrected chi connectivity index (χ3v) is 7.64. The maximum atomic E-state index is 5.09. The Kier molecular flexibility index (Phi) is 6.51. The molecule has 28 heavy (non-hydrogen) atoms. The topological polar surface area (TPSA) is 41.6 Å². The van der Waals surface area contributed by atoms with Crippen molar-refractivity contribution in [1.82, 2.24) is 15.0 Å². The summed E-state index contributed by atoms with van der Waals surface area (Å²) in [6.07, 6.45) is 16.0. The number of fused-ring (bicyclic) bond motifs is 1. The average molecular weight is 384 g/mol. The minimum absolute atomic E-state index is 0.352. The van der Waals surface area contributed by atoms with E-state index >= 15 is 0 Å². The molecule has 1 aliphatic rings. The normalized spacial score (nSPS) is 27.5. The molecular formula is C25H41N3. The predicted octanol–water partition coefficient (Wildman–Crippen LogP) is 7.56. The van der Waals surface area contributed by atoms with Gasteiger partial charge in [0, 0.05) is 12.1 Å². The first-order valence-corrected chi connectivity index (χ1v) is 11.5. The summed E-state index contributed by atoms with van der Waals surface area (Å²) in [5.74, 6) is 1.19. The monoisotopic (exact) mass is 383 g/mol. The number of nitrogens with one attached hydrogen (secondary N) is 1. The second-order valence-corrected chi connectivity index (χ2v) is 10.8. The van der Waals surface area contributed by atoms with Crippen molar-refractivity contribution in [2.75, 3.05) is 0 Å². The van der Waals surface area contributed by atoms with E-state index in [4.69, 9.17) is 9.97 Å². The van der Waals surface area contributed by atoms with Gasteiger partial charge in [0.2, 0.25) is 0 Å². The van der Waals surface area contributed by atoms with E-state index in [0.29, 0.717) is 22.7 Å². The van der Waals surface area contributed by atoms with Crippen LogP contribution in [0.5, 0.6) is 0 Å². The fourth-order valence-corrected chi connectivity index (χ4v) is 4.87. The van der Waals surface area contributed by atoms with Crippen LogP contribution in [0.2, 0.25) is 0 Å². The molecule has 2 aromatic heterocycles. The molecule has 0 aromatic carbocycles. The van der Waals surface area contributed by atoms with Crippen LogP contribution in [0.25, 0.3) is 11.2 Å². The Bertz CT molecular complexity index is 773. The maximum Gasteiger partial charge on any atom is 0.156 e. The molecular weight excluding hydrogens is 342 g/mol. The molecule has 2 heterocycles. The fourth-order valence-electron chi connectivity index (χ4n) is 4.87. The zero-order valence-electron chi connectivity index (χ0n) is 19.1. The van der Waals surface area contributed by atoms with Gasteiger partial charge in [-0.15, -0.1) is 0 Å². The summed E-state index contributed by atoms with van der Waals surface area (Å²) in [5, 5.41) is 0. The number of rotatable bonds is 2. The lowest BCUT2D eigenvalue weighted by molar-refractivity contribution is 0.126. The summed E-state index contributed by atoms with van der Waals surface area (Å²) in [6, 6.07) is 0. The van der Waals surface area contributed by atoms with Gasteiger partial charge in [-0.25, -0.2) is 9.97 Å². The number of hydrogen-bond donors (Lipinski definition) is 1. The number of H-pyrrole nitrogens is 1. The van der Waals surface area contributed by atoms with Crippen molar-refractivity contribution in [3.05, 3.63) is 23.7 Å². The van der Waals surface area contributed by atoms with Gasteiger partial charge in [-0.1, -0.05) is 60.3 Å². The molecule has 0 amide bonds. The van der Waals surface area contributed by atoms with Gasteiger partial charge in [-0.2, -0.15) is 0 Å². The summed E-state index contributed by atoms with van der Waals surface area (Å²) in [7, 11) is 0. The quantitative estimate of drug-likeness (QED) is 0.581. The molecule has 3 nitrogen and oxygen atoms in total. The summed E-state index contributed by atoms with van der Waals surface area (Å²) in [5.41, 5.74) is 5.19. The van der Waals surface area contributed by atoms with E-state index in [2.05, 4.69) is 46.5 Å². The van der Waals surface area contributed by atoms with Crippen LogP contribution in [-0.4, -0.2) is 15.0 Å². The summed E-state index contributed by atoms with van der Waals surface area (Å²) < 4.78 is 0. The minimum Gasteiger partial charge on any atom is -0.345 e. The predicted molar refractivity (Wildman–Crippen MR) is 120 cm³/mol. The third-order valence-electron chi connectivity index (χ3n) is 7.64. The Morgan fingerprint density at radius 2 is 1.79 bits per heavy atom. The lowest BCUT2D eigenvalue weighted by Crippen LogP contribution is -2.29. The number of aromatic amines is 1. The van der Waals surface area contributed by atoms with E-state index in [9.17, 15) is 0 Å². The van der Waals surface area contributed by atoms with Crippen molar-refractivity contribution in [3.8, 4) is 0 Å². The lowest BCUT2D eigenvalue weighted by atomic mass is 9.65. The number of aryl methyl sites for hydroxylation is 1. The van der Waals surface area contributed by atoms with Gasteiger partial charge in [-0.05, 0) is 61.3 Å². The maximum absolute atomic E-state index is 5.09. The second-order valence-electron chi connectivity index (χ2n) is 10.8. The number of aromatic nitrogens is 3. The highest BCUT2D eigenvalue weighted by Crippen LogP contribution is 2.46. The van der Waals surface area contributed by atoms with Crippen LogP contribution in [0.3, 0.4) is 0 Å².